The van der Waals surface area contributed by atoms with Crippen LogP contribution in [0.3, 0.4) is 0 Å². The molecule has 3 aromatic rings. The Morgan fingerprint density at radius 3 is 2.69 bits per heavy atom. The summed E-state index contributed by atoms with van der Waals surface area (Å²) in [6.07, 6.45) is 0.954. The van der Waals surface area contributed by atoms with Crippen molar-refractivity contribution in [1.82, 2.24) is 10.3 Å². The van der Waals surface area contributed by atoms with Crippen molar-refractivity contribution in [3.63, 3.8) is 0 Å². The number of halogens is 2. The molecule has 0 radical (unpaired) electrons. The Bertz CT molecular complexity index is 929. The second kappa shape index (κ2) is 8.58. The van der Waals surface area contributed by atoms with Gasteiger partial charge >= 0.3 is 0 Å². The highest BCUT2D eigenvalue weighted by atomic mass is 127. The maximum Gasteiger partial charge on any atom is 0.270 e. The summed E-state index contributed by atoms with van der Waals surface area (Å²) in [4.78, 5) is 17.2. The van der Waals surface area contributed by atoms with Gasteiger partial charge in [-0.3, -0.25) is 9.18 Å². The van der Waals surface area contributed by atoms with Crippen LogP contribution in [-0.4, -0.2) is 23.6 Å². The molecule has 1 N–H and O–H groups in total. The molecule has 0 aliphatic carbocycles. The summed E-state index contributed by atoms with van der Waals surface area (Å²) in [5.74, 6) is -0.263. The predicted molar refractivity (Wildman–Crippen MR) is 111 cm³/mol. The molecule has 1 unspecified atom stereocenters. The first-order valence-corrected chi connectivity index (χ1v) is 9.65. The van der Waals surface area contributed by atoms with Crippen LogP contribution in [0.15, 0.2) is 54.6 Å². The van der Waals surface area contributed by atoms with Gasteiger partial charge in [-0.25, -0.2) is 4.98 Å². The number of fused-ring (bicyclic) bond motifs is 1. The SMILES string of the molecule is CC(CCF)NC(=O)c1cc2ccccc2c(Cc2ccccc2I)n1. The molecule has 3 nitrogen and oxygen atoms in total. The fourth-order valence-electron chi connectivity index (χ4n) is 2.88. The van der Waals surface area contributed by atoms with E-state index in [1.54, 1.807) is 13.0 Å². The van der Waals surface area contributed by atoms with Gasteiger partial charge in [-0.15, -0.1) is 0 Å². The van der Waals surface area contributed by atoms with Crippen LogP contribution in [0.25, 0.3) is 10.8 Å². The van der Waals surface area contributed by atoms with E-state index < -0.39 is 6.67 Å². The molecule has 134 valence electrons. The highest BCUT2D eigenvalue weighted by molar-refractivity contribution is 14.1. The van der Waals surface area contributed by atoms with E-state index in [4.69, 9.17) is 0 Å². The van der Waals surface area contributed by atoms with Gasteiger partial charge < -0.3 is 5.32 Å². The number of nitrogens with one attached hydrogen (secondary N) is 1. The molecular formula is C21H20FIN2O. The minimum Gasteiger partial charge on any atom is -0.348 e. The van der Waals surface area contributed by atoms with Crippen molar-refractivity contribution in [2.75, 3.05) is 6.67 Å². The largest absolute Gasteiger partial charge is 0.348 e. The second-order valence-electron chi connectivity index (χ2n) is 6.30. The quantitative estimate of drug-likeness (QED) is 0.530. The van der Waals surface area contributed by atoms with Gasteiger partial charge in [0.1, 0.15) is 5.69 Å². The third-order valence-electron chi connectivity index (χ3n) is 4.29. The van der Waals surface area contributed by atoms with Gasteiger partial charge in [-0.05, 0) is 59.0 Å². The predicted octanol–water partition coefficient (Wildman–Crippen LogP) is 4.91. The summed E-state index contributed by atoms with van der Waals surface area (Å²) in [6, 6.07) is 17.7. The van der Waals surface area contributed by atoms with Crippen LogP contribution < -0.4 is 5.32 Å². The Hall–Kier alpha value is -2.02. The van der Waals surface area contributed by atoms with E-state index in [0.29, 0.717) is 18.5 Å². The van der Waals surface area contributed by atoms with Crippen LogP contribution in [0.5, 0.6) is 0 Å². The lowest BCUT2D eigenvalue weighted by molar-refractivity contribution is 0.0932. The number of carbonyl (C=O) groups excluding carboxylic acids is 1. The van der Waals surface area contributed by atoms with Gasteiger partial charge in [0.05, 0.1) is 12.4 Å². The molecule has 5 heteroatoms. The average Bonchev–Trinajstić information content (AvgIpc) is 2.63. The summed E-state index contributed by atoms with van der Waals surface area (Å²) in [5, 5.41) is 4.84. The molecule has 1 amide bonds. The number of amides is 1. The number of nitrogens with zero attached hydrogens (tertiary/aromatic N) is 1. The Labute approximate surface area is 166 Å². The summed E-state index contributed by atoms with van der Waals surface area (Å²) >= 11 is 2.32. The van der Waals surface area contributed by atoms with E-state index in [9.17, 15) is 9.18 Å². The zero-order valence-electron chi connectivity index (χ0n) is 14.5. The molecule has 0 bridgehead atoms. The molecule has 0 saturated heterocycles. The molecule has 1 aromatic heterocycles. The fourth-order valence-corrected chi connectivity index (χ4v) is 3.46. The number of pyridine rings is 1. The lowest BCUT2D eigenvalue weighted by atomic mass is 10.0. The number of benzene rings is 2. The third-order valence-corrected chi connectivity index (χ3v) is 5.34. The summed E-state index contributed by atoms with van der Waals surface area (Å²) in [5.41, 5.74) is 2.42. The monoisotopic (exact) mass is 462 g/mol. The number of carbonyl (C=O) groups is 1. The minimum absolute atomic E-state index is 0.223. The van der Waals surface area contributed by atoms with Gasteiger partial charge in [0.15, 0.2) is 0 Å². The van der Waals surface area contributed by atoms with E-state index in [0.717, 1.165) is 16.5 Å². The Kier molecular flexibility index (Phi) is 6.19. The topological polar surface area (TPSA) is 42.0 Å². The zero-order valence-corrected chi connectivity index (χ0v) is 16.7. The first kappa shape index (κ1) is 18.8. The number of aromatic nitrogens is 1. The van der Waals surface area contributed by atoms with E-state index in [1.807, 2.05) is 36.4 Å². The Morgan fingerprint density at radius 2 is 1.92 bits per heavy atom. The van der Waals surface area contributed by atoms with E-state index in [-0.39, 0.29) is 11.9 Å². The third kappa shape index (κ3) is 4.38. The van der Waals surface area contributed by atoms with Crippen LogP contribution in [-0.2, 0) is 6.42 Å². The van der Waals surface area contributed by atoms with Crippen molar-refractivity contribution in [3.8, 4) is 0 Å². The van der Waals surface area contributed by atoms with Crippen molar-refractivity contribution >= 4 is 39.3 Å². The van der Waals surface area contributed by atoms with Gasteiger partial charge in [0.25, 0.3) is 5.91 Å². The molecule has 0 aliphatic rings. The maximum atomic E-state index is 12.5. The van der Waals surface area contributed by atoms with Crippen LogP contribution in [0, 0.1) is 3.57 Å². The van der Waals surface area contributed by atoms with Gasteiger partial charge in [0.2, 0.25) is 0 Å². The van der Waals surface area contributed by atoms with Crippen LogP contribution in [0.2, 0.25) is 0 Å². The van der Waals surface area contributed by atoms with Crippen molar-refractivity contribution < 1.29 is 9.18 Å². The molecular weight excluding hydrogens is 442 g/mol. The highest BCUT2D eigenvalue weighted by Crippen LogP contribution is 2.23. The second-order valence-corrected chi connectivity index (χ2v) is 7.46. The van der Waals surface area contributed by atoms with E-state index >= 15 is 0 Å². The van der Waals surface area contributed by atoms with Crippen molar-refractivity contribution in [2.24, 2.45) is 0 Å². The first-order chi connectivity index (χ1) is 12.6. The molecule has 1 heterocycles. The number of hydrogen-bond donors (Lipinski definition) is 1. The van der Waals surface area contributed by atoms with Gasteiger partial charge in [-0.1, -0.05) is 42.5 Å². The number of rotatable bonds is 6. The normalized spacial score (nSPS) is 12.1. The maximum absolute atomic E-state index is 12.5. The minimum atomic E-state index is -0.454. The Morgan fingerprint density at radius 1 is 1.19 bits per heavy atom. The van der Waals surface area contributed by atoms with Crippen LogP contribution in [0.4, 0.5) is 4.39 Å². The number of hydrogen-bond acceptors (Lipinski definition) is 2. The average molecular weight is 462 g/mol. The summed E-state index contributed by atoms with van der Waals surface area (Å²) in [6.45, 7) is 1.34. The summed E-state index contributed by atoms with van der Waals surface area (Å²) < 4.78 is 13.7. The van der Waals surface area contributed by atoms with Crippen LogP contribution in [0.1, 0.15) is 35.1 Å². The van der Waals surface area contributed by atoms with E-state index in [1.165, 1.54) is 9.13 Å². The van der Waals surface area contributed by atoms with Gasteiger partial charge in [0, 0.05) is 21.4 Å². The van der Waals surface area contributed by atoms with Crippen molar-refractivity contribution in [1.29, 1.82) is 0 Å². The van der Waals surface area contributed by atoms with Crippen molar-refractivity contribution in [2.45, 2.75) is 25.8 Å². The molecule has 0 saturated carbocycles. The lowest BCUT2D eigenvalue weighted by Gasteiger charge is -2.14. The zero-order chi connectivity index (χ0) is 18.5. The number of alkyl halides is 1. The molecule has 0 aliphatic heterocycles. The molecule has 1 atom stereocenters. The fraction of sp³-hybridized carbons (Fsp3) is 0.238. The molecule has 0 fully saturated rings. The molecule has 26 heavy (non-hydrogen) atoms. The molecule has 3 rings (SSSR count). The highest BCUT2D eigenvalue weighted by Gasteiger charge is 2.15. The van der Waals surface area contributed by atoms with Crippen LogP contribution >= 0.6 is 22.6 Å². The smallest absolute Gasteiger partial charge is 0.270 e. The summed E-state index contributed by atoms with van der Waals surface area (Å²) in [7, 11) is 0. The Balaban J connectivity index is 1.99. The van der Waals surface area contributed by atoms with E-state index in [2.05, 4.69) is 45.0 Å². The lowest BCUT2D eigenvalue weighted by Crippen LogP contribution is -2.33. The first-order valence-electron chi connectivity index (χ1n) is 8.57. The van der Waals surface area contributed by atoms with Gasteiger partial charge in [-0.2, -0.15) is 0 Å². The van der Waals surface area contributed by atoms with Crippen molar-refractivity contribution in [3.05, 3.63) is 75.1 Å². The molecule has 0 spiro atoms. The molecule has 2 aromatic carbocycles. The standard InChI is InChI=1S/C21H20FIN2O/c1-14(10-11-22)24-21(26)20-12-15-6-2-4-8-17(15)19(25-20)13-16-7-3-5-9-18(16)23/h2-9,12,14H,10-11,13H2,1H3,(H,24,26).